The SMILES string of the molecule is Cc1ccc(NC(=S)N(C)CCOc2ccccc2Cl)cc1C. The molecule has 0 saturated heterocycles. The van der Waals surface area contributed by atoms with E-state index in [2.05, 4.69) is 31.3 Å². The highest BCUT2D eigenvalue weighted by Crippen LogP contribution is 2.22. The van der Waals surface area contributed by atoms with E-state index in [-0.39, 0.29) is 0 Å². The van der Waals surface area contributed by atoms with Gasteiger partial charge in [-0.1, -0.05) is 29.8 Å². The summed E-state index contributed by atoms with van der Waals surface area (Å²) in [5, 5.41) is 4.53. The fraction of sp³-hybridized carbons (Fsp3) is 0.278. The number of hydrogen-bond acceptors (Lipinski definition) is 2. The first-order valence-corrected chi connectivity index (χ1v) is 8.22. The molecule has 0 aromatic heterocycles. The molecule has 23 heavy (non-hydrogen) atoms. The fourth-order valence-electron chi connectivity index (χ4n) is 1.99. The van der Waals surface area contributed by atoms with Crippen LogP contribution in [0.15, 0.2) is 42.5 Å². The van der Waals surface area contributed by atoms with E-state index in [1.165, 1.54) is 11.1 Å². The smallest absolute Gasteiger partial charge is 0.173 e. The summed E-state index contributed by atoms with van der Waals surface area (Å²) >= 11 is 11.5. The van der Waals surface area contributed by atoms with Gasteiger partial charge in [0.25, 0.3) is 0 Å². The Morgan fingerprint density at radius 2 is 1.91 bits per heavy atom. The number of aryl methyl sites for hydroxylation is 2. The normalized spacial score (nSPS) is 10.3. The van der Waals surface area contributed by atoms with Gasteiger partial charge < -0.3 is 15.0 Å². The van der Waals surface area contributed by atoms with E-state index in [4.69, 9.17) is 28.6 Å². The summed E-state index contributed by atoms with van der Waals surface area (Å²) in [5.41, 5.74) is 3.50. The average Bonchev–Trinajstić information content (AvgIpc) is 2.52. The molecule has 0 aliphatic heterocycles. The highest BCUT2D eigenvalue weighted by molar-refractivity contribution is 7.80. The van der Waals surface area contributed by atoms with E-state index in [9.17, 15) is 0 Å². The molecule has 0 unspecified atom stereocenters. The number of likely N-dealkylation sites (N-methyl/N-ethyl adjacent to an activating group) is 1. The monoisotopic (exact) mass is 348 g/mol. The lowest BCUT2D eigenvalue weighted by atomic mass is 10.1. The summed E-state index contributed by atoms with van der Waals surface area (Å²) in [6.45, 7) is 5.36. The van der Waals surface area contributed by atoms with Crippen molar-refractivity contribution in [3.05, 3.63) is 58.6 Å². The van der Waals surface area contributed by atoms with Crippen LogP contribution in [0.1, 0.15) is 11.1 Å². The Kier molecular flexibility index (Phi) is 6.25. The number of thiocarbonyl (C=S) groups is 1. The maximum Gasteiger partial charge on any atom is 0.173 e. The second-order valence-corrected chi connectivity index (χ2v) is 6.22. The van der Waals surface area contributed by atoms with E-state index < -0.39 is 0 Å². The van der Waals surface area contributed by atoms with Crippen LogP contribution in [0, 0.1) is 13.8 Å². The Morgan fingerprint density at radius 3 is 2.61 bits per heavy atom. The molecule has 2 aromatic carbocycles. The van der Waals surface area contributed by atoms with Crippen molar-refractivity contribution in [3.8, 4) is 5.75 Å². The summed E-state index contributed by atoms with van der Waals surface area (Å²) < 4.78 is 5.68. The molecule has 0 fully saturated rings. The quantitative estimate of drug-likeness (QED) is 0.794. The van der Waals surface area contributed by atoms with Crippen molar-refractivity contribution in [2.75, 3.05) is 25.5 Å². The van der Waals surface area contributed by atoms with Gasteiger partial charge in [0.15, 0.2) is 5.11 Å². The number of nitrogens with zero attached hydrogens (tertiary/aromatic N) is 1. The predicted molar refractivity (Wildman–Crippen MR) is 102 cm³/mol. The van der Waals surface area contributed by atoms with Crippen molar-refractivity contribution in [2.24, 2.45) is 0 Å². The summed E-state index contributed by atoms with van der Waals surface area (Å²) in [5.74, 6) is 0.690. The lowest BCUT2D eigenvalue weighted by molar-refractivity contribution is 0.285. The molecule has 0 aliphatic rings. The van der Waals surface area contributed by atoms with Crippen molar-refractivity contribution in [3.63, 3.8) is 0 Å². The molecule has 0 aliphatic carbocycles. The average molecular weight is 349 g/mol. The molecule has 0 saturated carbocycles. The molecule has 122 valence electrons. The highest BCUT2D eigenvalue weighted by Gasteiger charge is 2.06. The van der Waals surface area contributed by atoms with Gasteiger partial charge in [0.05, 0.1) is 11.6 Å². The molecule has 1 N–H and O–H groups in total. The lowest BCUT2D eigenvalue weighted by Crippen LogP contribution is -2.34. The van der Waals surface area contributed by atoms with Gasteiger partial charge in [0.1, 0.15) is 12.4 Å². The van der Waals surface area contributed by atoms with Crippen LogP contribution in [0.4, 0.5) is 5.69 Å². The van der Waals surface area contributed by atoms with Crippen molar-refractivity contribution in [2.45, 2.75) is 13.8 Å². The number of hydrogen-bond donors (Lipinski definition) is 1. The zero-order valence-corrected chi connectivity index (χ0v) is 15.2. The third-order valence-electron chi connectivity index (χ3n) is 3.63. The van der Waals surface area contributed by atoms with Gasteiger partial charge in [-0.15, -0.1) is 0 Å². The Balaban J connectivity index is 1.83. The molecule has 0 bridgehead atoms. The maximum atomic E-state index is 6.06. The standard InChI is InChI=1S/C18H21ClN2OS/c1-13-8-9-15(12-14(13)2)20-18(23)21(3)10-11-22-17-7-5-4-6-16(17)19/h4-9,12H,10-11H2,1-3H3,(H,20,23). The fourth-order valence-corrected chi connectivity index (χ4v) is 2.39. The molecule has 2 aromatic rings. The van der Waals surface area contributed by atoms with Crippen LogP contribution in [0.5, 0.6) is 5.75 Å². The first-order valence-electron chi connectivity index (χ1n) is 7.44. The van der Waals surface area contributed by atoms with E-state index in [0.29, 0.717) is 29.0 Å². The molecule has 0 heterocycles. The minimum Gasteiger partial charge on any atom is -0.490 e. The van der Waals surface area contributed by atoms with E-state index in [1.54, 1.807) is 0 Å². The number of benzene rings is 2. The molecular weight excluding hydrogens is 328 g/mol. The van der Waals surface area contributed by atoms with Crippen LogP contribution in [0.25, 0.3) is 0 Å². The number of halogens is 1. The Bertz CT molecular complexity index is 690. The number of rotatable bonds is 5. The molecule has 0 radical (unpaired) electrons. The van der Waals surface area contributed by atoms with Gasteiger partial charge in [0.2, 0.25) is 0 Å². The summed E-state index contributed by atoms with van der Waals surface area (Å²) in [6.07, 6.45) is 0. The van der Waals surface area contributed by atoms with Gasteiger partial charge in [0, 0.05) is 12.7 Å². The summed E-state index contributed by atoms with van der Waals surface area (Å²) in [4.78, 5) is 1.95. The second kappa shape index (κ2) is 8.18. The van der Waals surface area contributed by atoms with Crippen molar-refractivity contribution in [1.82, 2.24) is 4.90 Å². The molecule has 0 atom stereocenters. The predicted octanol–water partition coefficient (Wildman–Crippen LogP) is 4.66. The Hall–Kier alpha value is -1.78. The number of para-hydroxylation sites is 1. The van der Waals surface area contributed by atoms with Crippen LogP contribution in [0.3, 0.4) is 0 Å². The van der Waals surface area contributed by atoms with Crippen LogP contribution < -0.4 is 10.1 Å². The number of nitrogens with one attached hydrogen (secondary N) is 1. The van der Waals surface area contributed by atoms with E-state index in [1.807, 2.05) is 42.3 Å². The third-order valence-corrected chi connectivity index (χ3v) is 4.35. The van der Waals surface area contributed by atoms with Crippen LogP contribution in [-0.2, 0) is 0 Å². The first kappa shape index (κ1) is 17.6. The van der Waals surface area contributed by atoms with Gasteiger partial charge >= 0.3 is 0 Å². The molecular formula is C18H21ClN2OS. The Labute approximate surface area is 148 Å². The molecule has 2 rings (SSSR count). The topological polar surface area (TPSA) is 24.5 Å². The largest absolute Gasteiger partial charge is 0.490 e. The summed E-state index contributed by atoms with van der Waals surface area (Å²) in [6, 6.07) is 13.7. The highest BCUT2D eigenvalue weighted by atomic mass is 35.5. The maximum absolute atomic E-state index is 6.06. The zero-order valence-electron chi connectivity index (χ0n) is 13.6. The minimum atomic E-state index is 0.509. The van der Waals surface area contributed by atoms with Crippen molar-refractivity contribution in [1.29, 1.82) is 0 Å². The van der Waals surface area contributed by atoms with E-state index >= 15 is 0 Å². The third kappa shape index (κ3) is 5.12. The van der Waals surface area contributed by atoms with Gasteiger partial charge in [-0.2, -0.15) is 0 Å². The molecule has 5 heteroatoms. The molecule has 0 spiro atoms. The second-order valence-electron chi connectivity index (χ2n) is 5.43. The van der Waals surface area contributed by atoms with Crippen LogP contribution in [0.2, 0.25) is 5.02 Å². The van der Waals surface area contributed by atoms with Crippen LogP contribution in [-0.4, -0.2) is 30.2 Å². The zero-order chi connectivity index (χ0) is 16.8. The number of anilines is 1. The number of ether oxygens (including phenoxy) is 1. The molecule has 0 amide bonds. The molecule has 3 nitrogen and oxygen atoms in total. The minimum absolute atomic E-state index is 0.509. The van der Waals surface area contributed by atoms with Gasteiger partial charge in [-0.3, -0.25) is 0 Å². The van der Waals surface area contributed by atoms with Crippen molar-refractivity contribution >= 4 is 34.6 Å². The van der Waals surface area contributed by atoms with Gasteiger partial charge in [-0.05, 0) is 61.5 Å². The van der Waals surface area contributed by atoms with Gasteiger partial charge in [-0.25, -0.2) is 0 Å². The Morgan fingerprint density at radius 1 is 1.17 bits per heavy atom. The van der Waals surface area contributed by atoms with Crippen LogP contribution >= 0.6 is 23.8 Å². The lowest BCUT2D eigenvalue weighted by Gasteiger charge is -2.21. The van der Waals surface area contributed by atoms with Crippen molar-refractivity contribution < 1.29 is 4.74 Å². The first-order chi connectivity index (χ1) is 11.0. The van der Waals surface area contributed by atoms with E-state index in [0.717, 1.165) is 5.69 Å². The summed E-state index contributed by atoms with van der Waals surface area (Å²) in [7, 11) is 1.94.